The third-order valence-corrected chi connectivity index (χ3v) is 4.06. The molecule has 7 heteroatoms. The van der Waals surface area contributed by atoms with Gasteiger partial charge in [0.15, 0.2) is 0 Å². The number of nitrogens with one attached hydrogen (secondary N) is 1. The zero-order valence-electron chi connectivity index (χ0n) is 14.7. The minimum Gasteiger partial charge on any atom is -0.350 e. The lowest BCUT2D eigenvalue weighted by Crippen LogP contribution is -2.27. The van der Waals surface area contributed by atoms with Gasteiger partial charge in [0.2, 0.25) is 5.91 Å². The summed E-state index contributed by atoms with van der Waals surface area (Å²) in [5.74, 6) is -0.00868. The van der Waals surface area contributed by atoms with Gasteiger partial charge in [-0.3, -0.25) is 9.48 Å². The maximum absolute atomic E-state index is 12.1. The third kappa shape index (κ3) is 4.12. The molecule has 1 atom stereocenters. The first-order valence-corrected chi connectivity index (χ1v) is 8.28. The first-order chi connectivity index (χ1) is 12.0. The molecule has 1 aromatic carbocycles. The number of rotatable bonds is 6. The number of benzene rings is 1. The third-order valence-electron chi connectivity index (χ3n) is 4.06. The van der Waals surface area contributed by atoms with Gasteiger partial charge in [-0.25, -0.2) is 9.67 Å². The number of hydrogen-bond acceptors (Lipinski definition) is 4. The number of aromatic nitrogens is 5. The van der Waals surface area contributed by atoms with Crippen molar-refractivity contribution in [3.8, 4) is 5.69 Å². The van der Waals surface area contributed by atoms with Crippen molar-refractivity contribution in [3.05, 3.63) is 59.9 Å². The number of carbonyl (C=O) groups excluding carboxylic acids is 1. The van der Waals surface area contributed by atoms with Crippen molar-refractivity contribution in [1.29, 1.82) is 0 Å². The van der Waals surface area contributed by atoms with E-state index in [4.69, 9.17) is 0 Å². The molecule has 0 spiro atoms. The minimum atomic E-state index is -0.0576. The number of hydrogen-bond donors (Lipinski definition) is 1. The van der Waals surface area contributed by atoms with E-state index in [1.165, 1.54) is 6.33 Å². The Labute approximate surface area is 146 Å². The van der Waals surface area contributed by atoms with Crippen LogP contribution in [0.2, 0.25) is 0 Å². The van der Waals surface area contributed by atoms with Crippen LogP contribution in [0.4, 0.5) is 0 Å². The second-order valence-corrected chi connectivity index (χ2v) is 6.13. The van der Waals surface area contributed by atoms with Crippen molar-refractivity contribution in [3.63, 3.8) is 0 Å². The Hall–Kier alpha value is -2.96. The van der Waals surface area contributed by atoms with Gasteiger partial charge in [-0.2, -0.15) is 10.2 Å². The molecular formula is C18H22N6O. The Kier molecular flexibility index (Phi) is 4.92. The van der Waals surface area contributed by atoms with Gasteiger partial charge >= 0.3 is 0 Å². The Morgan fingerprint density at radius 2 is 2.00 bits per heavy atom. The molecule has 3 rings (SSSR count). The van der Waals surface area contributed by atoms with Crippen LogP contribution in [-0.2, 0) is 11.3 Å². The summed E-state index contributed by atoms with van der Waals surface area (Å²) >= 11 is 0. The number of amides is 1. The number of nitrogens with zero attached hydrogens (tertiary/aromatic N) is 5. The lowest BCUT2D eigenvalue weighted by Gasteiger charge is -2.15. The van der Waals surface area contributed by atoms with Gasteiger partial charge in [0, 0.05) is 12.1 Å². The van der Waals surface area contributed by atoms with Crippen molar-refractivity contribution in [2.45, 2.75) is 39.8 Å². The monoisotopic (exact) mass is 338 g/mol. The van der Waals surface area contributed by atoms with E-state index in [2.05, 4.69) is 20.5 Å². The Morgan fingerprint density at radius 1 is 1.24 bits per heavy atom. The van der Waals surface area contributed by atoms with E-state index in [-0.39, 0.29) is 11.9 Å². The summed E-state index contributed by atoms with van der Waals surface area (Å²) in [6, 6.07) is 10.1. The van der Waals surface area contributed by atoms with Crippen molar-refractivity contribution in [2.24, 2.45) is 0 Å². The molecule has 0 saturated heterocycles. The first kappa shape index (κ1) is 16.9. The Bertz CT molecular complexity index is 835. The van der Waals surface area contributed by atoms with E-state index < -0.39 is 0 Å². The second kappa shape index (κ2) is 7.29. The molecule has 7 nitrogen and oxygen atoms in total. The summed E-state index contributed by atoms with van der Waals surface area (Å²) < 4.78 is 3.56. The molecule has 25 heavy (non-hydrogen) atoms. The van der Waals surface area contributed by atoms with Crippen molar-refractivity contribution >= 4 is 5.91 Å². The van der Waals surface area contributed by atoms with Crippen LogP contribution in [0.1, 0.15) is 36.3 Å². The average molecular weight is 338 g/mol. The molecule has 0 aliphatic rings. The molecule has 1 amide bonds. The van der Waals surface area contributed by atoms with Gasteiger partial charge in [0.1, 0.15) is 12.7 Å². The fourth-order valence-electron chi connectivity index (χ4n) is 2.76. The lowest BCUT2D eigenvalue weighted by molar-refractivity contribution is -0.122. The maximum Gasteiger partial charge on any atom is 0.222 e. The van der Waals surface area contributed by atoms with Gasteiger partial charge in [-0.15, -0.1) is 0 Å². The van der Waals surface area contributed by atoms with Gasteiger partial charge in [0.05, 0.1) is 24.0 Å². The SMILES string of the molecule is Cc1cc(C)n(-c2ccc([C@@H](C)NC(=O)CCn3cncn3)cc2)n1. The van der Waals surface area contributed by atoms with E-state index in [1.807, 2.05) is 55.8 Å². The molecule has 2 heterocycles. The van der Waals surface area contributed by atoms with Gasteiger partial charge < -0.3 is 5.32 Å². The Balaban J connectivity index is 1.59. The smallest absolute Gasteiger partial charge is 0.222 e. The zero-order chi connectivity index (χ0) is 17.8. The van der Waals surface area contributed by atoms with Crippen LogP contribution < -0.4 is 5.32 Å². The van der Waals surface area contributed by atoms with E-state index in [9.17, 15) is 4.79 Å². The van der Waals surface area contributed by atoms with E-state index >= 15 is 0 Å². The molecule has 130 valence electrons. The fourth-order valence-corrected chi connectivity index (χ4v) is 2.76. The normalized spacial score (nSPS) is 12.1. The van der Waals surface area contributed by atoms with Gasteiger partial charge in [-0.05, 0) is 44.5 Å². The molecule has 0 fully saturated rings. The summed E-state index contributed by atoms with van der Waals surface area (Å²) in [5.41, 5.74) is 4.16. The maximum atomic E-state index is 12.1. The average Bonchev–Trinajstić information content (AvgIpc) is 3.22. The molecule has 0 unspecified atom stereocenters. The highest BCUT2D eigenvalue weighted by molar-refractivity contribution is 5.76. The predicted molar refractivity (Wildman–Crippen MR) is 94.2 cm³/mol. The summed E-state index contributed by atoms with van der Waals surface area (Å²) in [6.45, 7) is 6.52. The van der Waals surface area contributed by atoms with Gasteiger partial charge in [-0.1, -0.05) is 12.1 Å². The molecule has 0 aliphatic carbocycles. The second-order valence-electron chi connectivity index (χ2n) is 6.13. The standard InChI is InChI=1S/C18H22N6O/c1-13-10-14(2)24(22-13)17-6-4-16(5-7-17)15(3)21-18(25)8-9-23-12-19-11-20-23/h4-7,10-12,15H,8-9H2,1-3H3,(H,21,25)/t15-/m1/s1. The summed E-state index contributed by atoms with van der Waals surface area (Å²) in [4.78, 5) is 15.9. The van der Waals surface area contributed by atoms with E-state index in [0.717, 1.165) is 22.6 Å². The quantitative estimate of drug-likeness (QED) is 0.748. The van der Waals surface area contributed by atoms with Crippen LogP contribution in [0.5, 0.6) is 0 Å². The molecule has 0 bridgehead atoms. The first-order valence-electron chi connectivity index (χ1n) is 8.28. The molecule has 3 aromatic rings. The van der Waals surface area contributed by atoms with E-state index in [1.54, 1.807) is 11.0 Å². The molecule has 1 N–H and O–H groups in total. The van der Waals surface area contributed by atoms with Crippen LogP contribution >= 0.6 is 0 Å². The van der Waals surface area contributed by atoms with Crippen molar-refractivity contribution in [1.82, 2.24) is 29.9 Å². The summed E-state index contributed by atoms with van der Waals surface area (Å²) in [5, 5.41) is 11.5. The molecule has 0 saturated carbocycles. The predicted octanol–water partition coefficient (Wildman–Crippen LogP) is 2.35. The number of carbonyl (C=O) groups is 1. The minimum absolute atomic E-state index is 0.00868. The van der Waals surface area contributed by atoms with Crippen LogP contribution in [0, 0.1) is 13.8 Å². The fraction of sp³-hybridized carbons (Fsp3) is 0.333. The summed E-state index contributed by atoms with van der Waals surface area (Å²) in [7, 11) is 0. The highest BCUT2D eigenvalue weighted by atomic mass is 16.1. The van der Waals surface area contributed by atoms with Crippen molar-refractivity contribution in [2.75, 3.05) is 0 Å². The largest absolute Gasteiger partial charge is 0.350 e. The van der Waals surface area contributed by atoms with Crippen LogP contribution in [0.25, 0.3) is 5.69 Å². The molecular weight excluding hydrogens is 316 g/mol. The molecule has 2 aromatic heterocycles. The van der Waals surface area contributed by atoms with Crippen LogP contribution in [-0.4, -0.2) is 30.5 Å². The highest BCUT2D eigenvalue weighted by Gasteiger charge is 2.11. The van der Waals surface area contributed by atoms with E-state index in [0.29, 0.717) is 13.0 Å². The lowest BCUT2D eigenvalue weighted by atomic mass is 10.1. The Morgan fingerprint density at radius 3 is 2.60 bits per heavy atom. The number of aryl methyl sites for hydroxylation is 3. The molecule has 0 aliphatic heterocycles. The van der Waals surface area contributed by atoms with Crippen LogP contribution in [0.15, 0.2) is 43.0 Å². The van der Waals surface area contributed by atoms with Gasteiger partial charge in [0.25, 0.3) is 0 Å². The van der Waals surface area contributed by atoms with Crippen LogP contribution in [0.3, 0.4) is 0 Å². The zero-order valence-corrected chi connectivity index (χ0v) is 14.7. The topological polar surface area (TPSA) is 77.6 Å². The summed E-state index contributed by atoms with van der Waals surface area (Å²) in [6.07, 6.45) is 3.44. The molecule has 0 radical (unpaired) electrons. The van der Waals surface area contributed by atoms with Crippen molar-refractivity contribution < 1.29 is 4.79 Å². The highest BCUT2D eigenvalue weighted by Crippen LogP contribution is 2.17.